The van der Waals surface area contributed by atoms with Crippen LogP contribution in [0, 0.1) is 6.92 Å². The lowest BCUT2D eigenvalue weighted by molar-refractivity contribution is -0.125. The number of para-hydroxylation sites is 1. The van der Waals surface area contributed by atoms with Crippen LogP contribution in [0.3, 0.4) is 0 Å². The van der Waals surface area contributed by atoms with Gasteiger partial charge in [-0.1, -0.05) is 48.5 Å². The highest BCUT2D eigenvalue weighted by Crippen LogP contribution is 2.39. The number of aryl methyl sites for hydroxylation is 1. The molecule has 4 rings (SSSR count). The van der Waals surface area contributed by atoms with Crippen molar-refractivity contribution in [2.45, 2.75) is 37.8 Å². The largest absolute Gasteiger partial charge is 0.350 e. The Morgan fingerprint density at radius 1 is 1.06 bits per heavy atom. The van der Waals surface area contributed by atoms with Crippen LogP contribution in [0.4, 0.5) is 5.69 Å². The molecule has 1 aliphatic heterocycles. The minimum atomic E-state index is -0.118. The van der Waals surface area contributed by atoms with Gasteiger partial charge in [0.1, 0.15) is 5.03 Å². The molecular formula is C24H26N4O2S. The van der Waals surface area contributed by atoms with Crippen molar-refractivity contribution in [2.75, 3.05) is 17.2 Å². The van der Waals surface area contributed by atoms with Crippen LogP contribution in [0.1, 0.15) is 37.1 Å². The minimum absolute atomic E-state index is 0.0419. The first-order chi connectivity index (χ1) is 15.0. The summed E-state index contributed by atoms with van der Waals surface area (Å²) in [5.74, 6) is 0.640. The quantitative estimate of drug-likeness (QED) is 0.629. The van der Waals surface area contributed by atoms with E-state index in [1.165, 1.54) is 0 Å². The summed E-state index contributed by atoms with van der Waals surface area (Å²) in [7, 11) is 0. The third-order valence-electron chi connectivity index (χ3n) is 5.36. The van der Waals surface area contributed by atoms with Crippen LogP contribution in [0.2, 0.25) is 0 Å². The molecule has 1 N–H and O–H groups in total. The molecule has 7 heteroatoms. The summed E-state index contributed by atoms with van der Waals surface area (Å²) < 4.78 is 1.91. The fourth-order valence-corrected chi connectivity index (χ4v) is 4.90. The Kier molecular flexibility index (Phi) is 6.42. The normalized spacial score (nSPS) is 14.1. The van der Waals surface area contributed by atoms with Gasteiger partial charge in [0.15, 0.2) is 0 Å². The van der Waals surface area contributed by atoms with Crippen LogP contribution in [0.25, 0.3) is 5.69 Å². The lowest BCUT2D eigenvalue weighted by Crippen LogP contribution is -2.36. The van der Waals surface area contributed by atoms with Crippen molar-refractivity contribution >= 4 is 29.3 Å². The molecule has 2 aromatic carbocycles. The highest BCUT2D eigenvalue weighted by Gasteiger charge is 2.30. The monoisotopic (exact) mass is 434 g/mol. The van der Waals surface area contributed by atoms with Crippen molar-refractivity contribution in [3.8, 4) is 5.69 Å². The molecule has 2 amide bonds. The Labute approximate surface area is 186 Å². The Morgan fingerprint density at radius 2 is 1.74 bits per heavy atom. The van der Waals surface area contributed by atoms with Gasteiger partial charge in [0.25, 0.3) is 0 Å². The van der Waals surface area contributed by atoms with Gasteiger partial charge in [-0.05, 0) is 31.5 Å². The molecule has 6 nitrogen and oxygen atoms in total. The van der Waals surface area contributed by atoms with Crippen molar-refractivity contribution in [3.05, 3.63) is 71.9 Å². The zero-order valence-electron chi connectivity index (χ0n) is 17.7. The smallest absolute Gasteiger partial charge is 0.227 e. The summed E-state index contributed by atoms with van der Waals surface area (Å²) in [6, 6.07) is 19.7. The Hall–Kier alpha value is -3.06. The number of hydrogen-bond donors (Lipinski definition) is 1. The number of nitrogens with zero attached hydrogens (tertiary/aromatic N) is 3. The Balaban J connectivity index is 1.42. The molecule has 0 fully saturated rings. The van der Waals surface area contributed by atoms with Gasteiger partial charge in [-0.15, -0.1) is 11.8 Å². The number of nitrogens with one attached hydrogen (secondary N) is 1. The number of aromatic nitrogens is 2. The predicted octanol–water partition coefficient (Wildman–Crippen LogP) is 4.28. The maximum atomic E-state index is 13.0. The van der Waals surface area contributed by atoms with Crippen LogP contribution >= 0.6 is 11.8 Å². The molecule has 0 radical (unpaired) electrons. The highest BCUT2D eigenvalue weighted by atomic mass is 32.2. The molecule has 1 unspecified atom stereocenters. The second kappa shape index (κ2) is 9.39. The fraction of sp³-hybridized carbons (Fsp3) is 0.292. The molecule has 160 valence electrons. The SMILES string of the molecule is Cc1nn(-c2ccccc2)c2c1N(C(=O)CCC(=O)NC(C)c1ccccc1)CCS2. The molecule has 3 aromatic rings. The number of benzene rings is 2. The van der Waals surface area contributed by atoms with Gasteiger partial charge in [-0.25, -0.2) is 4.68 Å². The van der Waals surface area contributed by atoms with E-state index >= 15 is 0 Å². The molecule has 1 aliphatic rings. The first-order valence-corrected chi connectivity index (χ1v) is 11.5. The molecular weight excluding hydrogens is 408 g/mol. The molecule has 0 saturated heterocycles. The number of anilines is 1. The second-order valence-electron chi connectivity index (χ2n) is 7.58. The lowest BCUT2D eigenvalue weighted by Gasteiger charge is -2.27. The number of amides is 2. The van der Waals surface area contributed by atoms with E-state index in [-0.39, 0.29) is 30.7 Å². The lowest BCUT2D eigenvalue weighted by atomic mass is 10.1. The van der Waals surface area contributed by atoms with Gasteiger partial charge in [0.2, 0.25) is 11.8 Å². The van der Waals surface area contributed by atoms with E-state index in [9.17, 15) is 9.59 Å². The van der Waals surface area contributed by atoms with Crippen LogP contribution in [-0.2, 0) is 9.59 Å². The standard InChI is InChI=1S/C24H26N4O2S/c1-17(19-9-5-3-6-10-19)25-21(29)13-14-22(30)27-15-16-31-24-23(27)18(2)26-28(24)20-11-7-4-8-12-20/h3-12,17H,13-16H2,1-2H3,(H,25,29). The van der Waals surface area contributed by atoms with E-state index in [0.717, 1.165) is 33.4 Å². The van der Waals surface area contributed by atoms with E-state index in [2.05, 4.69) is 10.4 Å². The van der Waals surface area contributed by atoms with Crippen LogP contribution in [0.5, 0.6) is 0 Å². The number of thioether (sulfide) groups is 1. The van der Waals surface area contributed by atoms with E-state index < -0.39 is 0 Å². The Bertz CT molecular complexity index is 1070. The highest BCUT2D eigenvalue weighted by molar-refractivity contribution is 7.99. The van der Waals surface area contributed by atoms with E-state index in [1.807, 2.05) is 79.2 Å². The van der Waals surface area contributed by atoms with E-state index in [4.69, 9.17) is 0 Å². The summed E-state index contributed by atoms with van der Waals surface area (Å²) in [4.78, 5) is 27.2. The van der Waals surface area contributed by atoms with Crippen LogP contribution in [-0.4, -0.2) is 33.9 Å². The molecule has 0 aliphatic carbocycles. The number of carbonyl (C=O) groups excluding carboxylic acids is 2. The third-order valence-corrected chi connectivity index (χ3v) is 6.38. The van der Waals surface area contributed by atoms with E-state index in [1.54, 1.807) is 16.7 Å². The number of hydrogen-bond acceptors (Lipinski definition) is 4. The van der Waals surface area contributed by atoms with Crippen molar-refractivity contribution in [1.29, 1.82) is 0 Å². The van der Waals surface area contributed by atoms with Crippen molar-refractivity contribution < 1.29 is 9.59 Å². The molecule has 0 spiro atoms. The zero-order chi connectivity index (χ0) is 21.8. The molecule has 0 bridgehead atoms. The summed E-state index contributed by atoms with van der Waals surface area (Å²) in [5.41, 5.74) is 3.71. The zero-order valence-corrected chi connectivity index (χ0v) is 18.6. The van der Waals surface area contributed by atoms with Gasteiger partial charge < -0.3 is 10.2 Å². The van der Waals surface area contributed by atoms with Gasteiger partial charge in [-0.3, -0.25) is 9.59 Å². The number of carbonyl (C=O) groups is 2. The second-order valence-corrected chi connectivity index (χ2v) is 8.66. The molecule has 31 heavy (non-hydrogen) atoms. The van der Waals surface area contributed by atoms with Gasteiger partial charge >= 0.3 is 0 Å². The predicted molar refractivity (Wildman–Crippen MR) is 124 cm³/mol. The summed E-state index contributed by atoms with van der Waals surface area (Å²) in [6.07, 6.45) is 0.342. The van der Waals surface area contributed by atoms with Crippen molar-refractivity contribution in [1.82, 2.24) is 15.1 Å². The minimum Gasteiger partial charge on any atom is -0.350 e. The van der Waals surface area contributed by atoms with Crippen LogP contribution in [0.15, 0.2) is 65.7 Å². The fourth-order valence-electron chi connectivity index (χ4n) is 3.77. The van der Waals surface area contributed by atoms with Gasteiger partial charge in [0, 0.05) is 25.1 Å². The Morgan fingerprint density at radius 3 is 2.45 bits per heavy atom. The first kappa shape index (κ1) is 21.2. The topological polar surface area (TPSA) is 67.2 Å². The number of fused-ring (bicyclic) bond motifs is 1. The first-order valence-electron chi connectivity index (χ1n) is 10.5. The van der Waals surface area contributed by atoms with Crippen LogP contribution < -0.4 is 10.2 Å². The van der Waals surface area contributed by atoms with E-state index in [0.29, 0.717) is 6.54 Å². The molecule has 0 saturated carbocycles. The van der Waals surface area contributed by atoms with Crippen molar-refractivity contribution in [2.24, 2.45) is 0 Å². The third kappa shape index (κ3) is 4.66. The van der Waals surface area contributed by atoms with Gasteiger partial charge in [0.05, 0.1) is 23.1 Å². The maximum absolute atomic E-state index is 13.0. The molecule has 1 aromatic heterocycles. The van der Waals surface area contributed by atoms with Gasteiger partial charge in [-0.2, -0.15) is 5.10 Å². The average molecular weight is 435 g/mol. The summed E-state index contributed by atoms with van der Waals surface area (Å²) >= 11 is 1.71. The number of rotatable bonds is 6. The average Bonchev–Trinajstić information content (AvgIpc) is 3.15. The molecule has 1 atom stereocenters. The molecule has 2 heterocycles. The maximum Gasteiger partial charge on any atom is 0.227 e. The van der Waals surface area contributed by atoms with Crippen molar-refractivity contribution in [3.63, 3.8) is 0 Å². The summed E-state index contributed by atoms with van der Waals surface area (Å²) in [5, 5.41) is 8.64. The summed E-state index contributed by atoms with van der Waals surface area (Å²) in [6.45, 7) is 4.50.